The number of benzene rings is 1. The van der Waals surface area contributed by atoms with Crippen molar-refractivity contribution in [2.45, 2.75) is 25.9 Å². The van der Waals surface area contributed by atoms with Crippen LogP contribution in [0.15, 0.2) is 36.7 Å². The molecule has 24 heavy (non-hydrogen) atoms. The average molecular weight is 330 g/mol. The molecular weight excluding hydrogens is 317 g/mol. The lowest BCUT2D eigenvalue weighted by Gasteiger charge is -2.20. The lowest BCUT2D eigenvalue weighted by molar-refractivity contribution is -0.137. The molecule has 0 N–H and O–H groups in total. The van der Waals surface area contributed by atoms with Crippen LogP contribution in [0.1, 0.15) is 22.8 Å². The predicted octanol–water partition coefficient (Wildman–Crippen LogP) is 3.76. The van der Waals surface area contributed by atoms with Crippen LogP contribution in [-0.4, -0.2) is 19.7 Å². The molecule has 0 bridgehead atoms. The van der Waals surface area contributed by atoms with Gasteiger partial charge in [0.15, 0.2) is 0 Å². The lowest BCUT2D eigenvalue weighted by atomic mass is 9.97. The molecule has 122 valence electrons. The van der Waals surface area contributed by atoms with Crippen molar-refractivity contribution in [3.05, 3.63) is 59.4 Å². The number of alkyl halides is 3. The van der Waals surface area contributed by atoms with Gasteiger partial charge in [0, 0.05) is 24.4 Å². The summed E-state index contributed by atoms with van der Waals surface area (Å²) in [6.07, 6.45) is -0.554. The van der Waals surface area contributed by atoms with E-state index in [1.165, 1.54) is 6.20 Å². The molecule has 0 radical (unpaired) electrons. The van der Waals surface area contributed by atoms with Crippen molar-refractivity contribution in [3.63, 3.8) is 0 Å². The fourth-order valence-corrected chi connectivity index (χ4v) is 3.06. The molecule has 0 saturated carbocycles. The highest BCUT2D eigenvalue weighted by Crippen LogP contribution is 2.33. The summed E-state index contributed by atoms with van der Waals surface area (Å²) >= 11 is 0. The third-order valence-corrected chi connectivity index (χ3v) is 4.23. The maximum Gasteiger partial charge on any atom is 0.417 e. The van der Waals surface area contributed by atoms with Gasteiger partial charge in [-0.25, -0.2) is 0 Å². The first-order valence-corrected chi connectivity index (χ1v) is 7.50. The summed E-state index contributed by atoms with van der Waals surface area (Å²) in [5.74, 6) is 1.72. The molecule has 1 aromatic carbocycles. The van der Waals surface area contributed by atoms with Crippen LogP contribution in [0.5, 0.6) is 0 Å². The molecule has 0 spiro atoms. The lowest BCUT2D eigenvalue weighted by Crippen LogP contribution is -2.13. The fourth-order valence-electron chi connectivity index (χ4n) is 3.06. The third-order valence-electron chi connectivity index (χ3n) is 4.23. The van der Waals surface area contributed by atoms with Crippen LogP contribution in [-0.2, 0) is 19.0 Å². The van der Waals surface area contributed by atoms with Gasteiger partial charge in [-0.1, -0.05) is 6.07 Å². The Morgan fingerprint density at radius 2 is 1.83 bits per heavy atom. The molecule has 4 nitrogen and oxygen atoms in total. The zero-order chi connectivity index (χ0) is 16.9. The van der Waals surface area contributed by atoms with Gasteiger partial charge in [0.1, 0.15) is 11.6 Å². The van der Waals surface area contributed by atoms with Gasteiger partial charge in [0.05, 0.1) is 11.3 Å². The molecule has 1 aliphatic rings. The van der Waals surface area contributed by atoms with Crippen molar-refractivity contribution in [2.24, 2.45) is 0 Å². The van der Waals surface area contributed by atoms with Gasteiger partial charge in [-0.2, -0.15) is 13.2 Å². The zero-order valence-corrected chi connectivity index (χ0v) is 12.8. The fraction of sp³-hybridized carbons (Fsp3) is 0.235. The Balaban J connectivity index is 1.79. The Morgan fingerprint density at radius 1 is 1.00 bits per heavy atom. The molecule has 0 amide bonds. The monoisotopic (exact) mass is 330 g/mol. The standard InChI is InChI=1S/C17H13F3N4/c1-10-22-23-16-5-3-12-6-11(2-4-15(12)24(10)16)13-7-14(9-21-8-13)17(18,19)20/h2,4,6-9H,3,5H2,1H3. The minimum absolute atomic E-state index is 0.457. The van der Waals surface area contributed by atoms with Crippen molar-refractivity contribution in [2.75, 3.05) is 0 Å². The van der Waals surface area contributed by atoms with E-state index in [-0.39, 0.29) is 0 Å². The Morgan fingerprint density at radius 3 is 2.62 bits per heavy atom. The topological polar surface area (TPSA) is 43.6 Å². The van der Waals surface area contributed by atoms with E-state index in [0.717, 1.165) is 53.6 Å². The minimum atomic E-state index is -4.40. The summed E-state index contributed by atoms with van der Waals surface area (Å²) in [5.41, 5.74) is 2.50. The van der Waals surface area contributed by atoms with Gasteiger partial charge >= 0.3 is 6.18 Å². The van der Waals surface area contributed by atoms with Gasteiger partial charge < -0.3 is 0 Å². The van der Waals surface area contributed by atoms with E-state index in [2.05, 4.69) is 15.2 Å². The van der Waals surface area contributed by atoms with Crippen molar-refractivity contribution < 1.29 is 13.2 Å². The van der Waals surface area contributed by atoms with Crippen molar-refractivity contribution in [1.82, 2.24) is 19.7 Å². The second kappa shape index (κ2) is 5.15. The summed E-state index contributed by atoms with van der Waals surface area (Å²) in [5, 5.41) is 8.25. The highest BCUT2D eigenvalue weighted by molar-refractivity contribution is 5.67. The molecule has 1 aliphatic heterocycles. The van der Waals surface area contributed by atoms with Crippen molar-refractivity contribution in [3.8, 4) is 16.8 Å². The number of halogens is 3. The summed E-state index contributed by atoms with van der Waals surface area (Å²) in [4.78, 5) is 3.74. The Hall–Kier alpha value is -2.70. The second-order valence-corrected chi connectivity index (χ2v) is 5.80. The molecule has 2 aromatic heterocycles. The van der Waals surface area contributed by atoms with Crippen LogP contribution in [0.25, 0.3) is 16.8 Å². The summed E-state index contributed by atoms with van der Waals surface area (Å²) in [6, 6.07) is 6.77. The number of fused-ring (bicyclic) bond motifs is 3. The average Bonchev–Trinajstić information content (AvgIpc) is 2.95. The van der Waals surface area contributed by atoms with E-state index < -0.39 is 11.7 Å². The summed E-state index contributed by atoms with van der Waals surface area (Å²) in [6.45, 7) is 1.89. The molecule has 4 rings (SSSR count). The molecule has 0 aliphatic carbocycles. The maximum atomic E-state index is 12.9. The molecule has 0 atom stereocenters. The number of aromatic nitrogens is 4. The predicted molar refractivity (Wildman–Crippen MR) is 81.7 cm³/mol. The van der Waals surface area contributed by atoms with E-state index in [1.807, 2.05) is 29.7 Å². The van der Waals surface area contributed by atoms with Gasteiger partial charge in [0.2, 0.25) is 0 Å². The van der Waals surface area contributed by atoms with Crippen LogP contribution < -0.4 is 0 Å². The summed E-state index contributed by atoms with van der Waals surface area (Å²) < 4.78 is 40.6. The number of rotatable bonds is 1. The van der Waals surface area contributed by atoms with E-state index in [4.69, 9.17) is 0 Å². The van der Waals surface area contributed by atoms with Gasteiger partial charge in [-0.05, 0) is 42.7 Å². The number of hydrogen-bond donors (Lipinski definition) is 0. The number of nitrogens with zero attached hydrogens (tertiary/aromatic N) is 4. The number of pyridine rings is 1. The second-order valence-electron chi connectivity index (χ2n) is 5.80. The van der Waals surface area contributed by atoms with Crippen LogP contribution in [0.3, 0.4) is 0 Å². The molecule has 3 heterocycles. The Kier molecular flexibility index (Phi) is 3.19. The minimum Gasteiger partial charge on any atom is -0.283 e. The van der Waals surface area contributed by atoms with Gasteiger partial charge in [0.25, 0.3) is 0 Å². The molecular formula is C17H13F3N4. The van der Waals surface area contributed by atoms with E-state index in [9.17, 15) is 13.2 Å². The SMILES string of the molecule is Cc1nnc2n1-c1ccc(-c3cncc(C(F)(F)F)c3)cc1CC2. The number of aryl methyl sites for hydroxylation is 3. The third kappa shape index (κ3) is 2.36. The highest BCUT2D eigenvalue weighted by atomic mass is 19.4. The van der Waals surface area contributed by atoms with Gasteiger partial charge in [-0.3, -0.25) is 9.55 Å². The largest absolute Gasteiger partial charge is 0.417 e. The van der Waals surface area contributed by atoms with Crippen LogP contribution >= 0.6 is 0 Å². The van der Waals surface area contributed by atoms with E-state index in [1.54, 1.807) is 0 Å². The first-order chi connectivity index (χ1) is 11.4. The molecule has 0 saturated heterocycles. The molecule has 0 fully saturated rings. The van der Waals surface area contributed by atoms with Crippen LogP contribution in [0.4, 0.5) is 13.2 Å². The zero-order valence-electron chi connectivity index (χ0n) is 12.8. The van der Waals surface area contributed by atoms with E-state index in [0.29, 0.717) is 5.56 Å². The first-order valence-electron chi connectivity index (χ1n) is 7.50. The first kappa shape index (κ1) is 14.9. The number of hydrogen-bond acceptors (Lipinski definition) is 3. The molecule has 0 unspecified atom stereocenters. The van der Waals surface area contributed by atoms with Crippen molar-refractivity contribution >= 4 is 0 Å². The smallest absolute Gasteiger partial charge is 0.283 e. The quantitative estimate of drug-likeness (QED) is 0.682. The van der Waals surface area contributed by atoms with Crippen molar-refractivity contribution in [1.29, 1.82) is 0 Å². The molecule has 3 aromatic rings. The van der Waals surface area contributed by atoms with Crippen LogP contribution in [0.2, 0.25) is 0 Å². The Bertz CT molecular complexity index is 928. The van der Waals surface area contributed by atoms with Gasteiger partial charge in [-0.15, -0.1) is 10.2 Å². The summed E-state index contributed by atoms with van der Waals surface area (Å²) in [7, 11) is 0. The van der Waals surface area contributed by atoms with Crippen LogP contribution in [0, 0.1) is 6.92 Å². The molecule has 7 heteroatoms. The Labute approximate surface area is 136 Å². The maximum absolute atomic E-state index is 12.9. The highest BCUT2D eigenvalue weighted by Gasteiger charge is 2.31. The normalized spacial score (nSPS) is 13.5. The van der Waals surface area contributed by atoms with E-state index >= 15 is 0 Å².